The standard InChI is InChI=1S/C18H30N4O2/c1-13(2)17-19-16(14(3)24-17)18(23)22-11-9-21(10-12-22)15-5-7-20(4)8-6-15/h13,15H,5-12H2,1-4H3. The molecule has 2 aliphatic rings. The summed E-state index contributed by atoms with van der Waals surface area (Å²) < 4.78 is 5.64. The van der Waals surface area contributed by atoms with Gasteiger partial charge in [0.1, 0.15) is 5.76 Å². The van der Waals surface area contributed by atoms with E-state index >= 15 is 0 Å². The van der Waals surface area contributed by atoms with Gasteiger partial charge >= 0.3 is 0 Å². The van der Waals surface area contributed by atoms with Gasteiger partial charge in [0.15, 0.2) is 11.6 Å². The predicted molar refractivity (Wildman–Crippen MR) is 93.3 cm³/mol. The van der Waals surface area contributed by atoms with Crippen molar-refractivity contribution < 1.29 is 9.21 Å². The molecular weight excluding hydrogens is 304 g/mol. The number of likely N-dealkylation sites (tertiary alicyclic amines) is 1. The van der Waals surface area contributed by atoms with Crippen molar-refractivity contribution >= 4 is 5.91 Å². The number of nitrogens with zero attached hydrogens (tertiary/aromatic N) is 4. The number of hydrogen-bond acceptors (Lipinski definition) is 5. The van der Waals surface area contributed by atoms with Crippen LogP contribution in [0.3, 0.4) is 0 Å². The number of rotatable bonds is 3. The maximum Gasteiger partial charge on any atom is 0.276 e. The van der Waals surface area contributed by atoms with Gasteiger partial charge in [-0.15, -0.1) is 0 Å². The Hall–Kier alpha value is -1.40. The predicted octanol–water partition coefficient (Wildman–Crippen LogP) is 1.96. The van der Waals surface area contributed by atoms with Crippen LogP contribution in [-0.4, -0.2) is 77.9 Å². The zero-order valence-electron chi connectivity index (χ0n) is 15.4. The topological polar surface area (TPSA) is 52.8 Å². The van der Waals surface area contributed by atoms with Gasteiger partial charge in [-0.05, 0) is 39.9 Å². The zero-order valence-corrected chi connectivity index (χ0v) is 15.4. The van der Waals surface area contributed by atoms with Gasteiger partial charge in [0.2, 0.25) is 0 Å². The molecular formula is C18H30N4O2. The maximum absolute atomic E-state index is 12.8. The van der Waals surface area contributed by atoms with E-state index in [-0.39, 0.29) is 11.8 Å². The second kappa shape index (κ2) is 7.23. The fraction of sp³-hybridized carbons (Fsp3) is 0.778. The van der Waals surface area contributed by atoms with Crippen LogP contribution < -0.4 is 0 Å². The monoisotopic (exact) mass is 334 g/mol. The highest BCUT2D eigenvalue weighted by Gasteiger charge is 2.30. The van der Waals surface area contributed by atoms with E-state index in [9.17, 15) is 4.79 Å². The molecule has 3 rings (SSSR count). The Labute approximate surface area is 144 Å². The number of aromatic nitrogens is 1. The molecule has 0 unspecified atom stereocenters. The molecule has 1 amide bonds. The second-order valence-electron chi connectivity index (χ2n) is 7.47. The molecule has 1 aromatic heterocycles. The van der Waals surface area contributed by atoms with Gasteiger partial charge in [-0.2, -0.15) is 0 Å². The summed E-state index contributed by atoms with van der Waals surface area (Å²) in [5.41, 5.74) is 0.492. The highest BCUT2D eigenvalue weighted by atomic mass is 16.4. The number of aryl methyl sites for hydroxylation is 1. The van der Waals surface area contributed by atoms with E-state index in [1.54, 1.807) is 0 Å². The number of amides is 1. The molecule has 0 radical (unpaired) electrons. The molecule has 2 fully saturated rings. The van der Waals surface area contributed by atoms with E-state index in [2.05, 4.69) is 21.8 Å². The van der Waals surface area contributed by atoms with Crippen LogP contribution in [0.4, 0.5) is 0 Å². The Morgan fingerprint density at radius 3 is 2.29 bits per heavy atom. The van der Waals surface area contributed by atoms with Gasteiger partial charge in [-0.25, -0.2) is 4.98 Å². The summed E-state index contributed by atoms with van der Waals surface area (Å²) in [5, 5.41) is 0. The second-order valence-corrected chi connectivity index (χ2v) is 7.47. The SMILES string of the molecule is Cc1oc(C(C)C)nc1C(=O)N1CCN(C2CCN(C)CC2)CC1. The fourth-order valence-corrected chi connectivity index (χ4v) is 3.66. The van der Waals surface area contributed by atoms with Crippen LogP contribution in [0.5, 0.6) is 0 Å². The maximum atomic E-state index is 12.8. The van der Waals surface area contributed by atoms with Crippen LogP contribution >= 0.6 is 0 Å². The molecule has 0 saturated carbocycles. The molecule has 0 atom stereocenters. The lowest BCUT2D eigenvalue weighted by atomic mass is 10.0. The number of piperazine rings is 1. The lowest BCUT2D eigenvalue weighted by Gasteiger charge is -2.42. The molecule has 6 heteroatoms. The molecule has 0 bridgehead atoms. The van der Waals surface area contributed by atoms with E-state index in [0.29, 0.717) is 23.4 Å². The van der Waals surface area contributed by atoms with Crippen LogP contribution in [0, 0.1) is 6.92 Å². The number of carbonyl (C=O) groups excluding carboxylic acids is 1. The third-order valence-electron chi connectivity index (χ3n) is 5.32. The van der Waals surface area contributed by atoms with Gasteiger partial charge in [-0.1, -0.05) is 13.8 Å². The average Bonchev–Trinajstić information content (AvgIpc) is 2.97. The molecule has 3 heterocycles. The molecule has 0 aromatic carbocycles. The number of carbonyl (C=O) groups is 1. The first-order valence-electron chi connectivity index (χ1n) is 9.15. The summed E-state index contributed by atoms with van der Waals surface area (Å²) in [4.78, 5) is 24.1. The first kappa shape index (κ1) is 17.4. The van der Waals surface area contributed by atoms with Gasteiger partial charge in [0.05, 0.1) is 0 Å². The first-order valence-corrected chi connectivity index (χ1v) is 9.15. The van der Waals surface area contributed by atoms with Crippen molar-refractivity contribution in [2.45, 2.75) is 45.6 Å². The minimum Gasteiger partial charge on any atom is -0.445 e. The van der Waals surface area contributed by atoms with Crippen molar-refractivity contribution in [1.82, 2.24) is 19.7 Å². The van der Waals surface area contributed by atoms with Gasteiger partial charge < -0.3 is 14.2 Å². The lowest BCUT2D eigenvalue weighted by molar-refractivity contribution is 0.0470. The third kappa shape index (κ3) is 3.64. The molecule has 2 saturated heterocycles. The molecule has 1 aromatic rings. The minimum atomic E-state index is 0.0196. The quantitative estimate of drug-likeness (QED) is 0.846. The summed E-state index contributed by atoms with van der Waals surface area (Å²) in [6.45, 7) is 11.8. The molecule has 24 heavy (non-hydrogen) atoms. The number of piperidine rings is 1. The van der Waals surface area contributed by atoms with Crippen molar-refractivity contribution in [1.29, 1.82) is 0 Å². The van der Waals surface area contributed by atoms with Crippen LogP contribution in [0.1, 0.15) is 54.7 Å². The summed E-state index contributed by atoms with van der Waals surface area (Å²) in [7, 11) is 2.19. The molecule has 0 aliphatic carbocycles. The molecule has 6 nitrogen and oxygen atoms in total. The summed E-state index contributed by atoms with van der Waals surface area (Å²) >= 11 is 0. The molecule has 0 N–H and O–H groups in total. The highest BCUT2D eigenvalue weighted by molar-refractivity contribution is 5.93. The number of hydrogen-bond donors (Lipinski definition) is 0. The molecule has 134 valence electrons. The van der Waals surface area contributed by atoms with Crippen molar-refractivity contribution in [3.63, 3.8) is 0 Å². The van der Waals surface area contributed by atoms with E-state index in [1.165, 1.54) is 25.9 Å². The third-order valence-corrected chi connectivity index (χ3v) is 5.32. The smallest absolute Gasteiger partial charge is 0.276 e. The Kier molecular flexibility index (Phi) is 5.25. The Balaban J connectivity index is 1.57. The minimum absolute atomic E-state index is 0.0196. The Morgan fingerprint density at radius 2 is 1.75 bits per heavy atom. The van der Waals surface area contributed by atoms with Crippen molar-refractivity contribution in [3.8, 4) is 0 Å². The normalized spacial score (nSPS) is 21.6. The molecule has 0 spiro atoms. The van der Waals surface area contributed by atoms with Crippen molar-refractivity contribution in [2.75, 3.05) is 46.3 Å². The summed E-state index contributed by atoms with van der Waals surface area (Å²) in [6.07, 6.45) is 2.48. The fourth-order valence-electron chi connectivity index (χ4n) is 3.66. The van der Waals surface area contributed by atoms with E-state index in [0.717, 1.165) is 26.2 Å². The zero-order chi connectivity index (χ0) is 17.3. The van der Waals surface area contributed by atoms with E-state index < -0.39 is 0 Å². The summed E-state index contributed by atoms with van der Waals surface area (Å²) in [5.74, 6) is 1.51. The van der Waals surface area contributed by atoms with Crippen molar-refractivity contribution in [3.05, 3.63) is 17.3 Å². The van der Waals surface area contributed by atoms with Gasteiger partial charge in [0.25, 0.3) is 5.91 Å². The van der Waals surface area contributed by atoms with Gasteiger partial charge in [-0.3, -0.25) is 9.69 Å². The Morgan fingerprint density at radius 1 is 1.12 bits per heavy atom. The molecule has 2 aliphatic heterocycles. The van der Waals surface area contributed by atoms with E-state index in [4.69, 9.17) is 4.42 Å². The van der Waals surface area contributed by atoms with Crippen LogP contribution in [0.15, 0.2) is 4.42 Å². The van der Waals surface area contributed by atoms with Crippen LogP contribution in [0.2, 0.25) is 0 Å². The highest BCUT2D eigenvalue weighted by Crippen LogP contribution is 2.21. The number of oxazole rings is 1. The van der Waals surface area contributed by atoms with Gasteiger partial charge in [0, 0.05) is 38.1 Å². The lowest BCUT2D eigenvalue weighted by Crippen LogP contribution is -2.54. The van der Waals surface area contributed by atoms with Crippen LogP contribution in [-0.2, 0) is 0 Å². The first-order chi connectivity index (χ1) is 11.5. The van der Waals surface area contributed by atoms with E-state index in [1.807, 2.05) is 25.7 Å². The summed E-state index contributed by atoms with van der Waals surface area (Å²) in [6, 6.07) is 0.680. The largest absolute Gasteiger partial charge is 0.445 e. The van der Waals surface area contributed by atoms with Crippen molar-refractivity contribution in [2.24, 2.45) is 0 Å². The Bertz CT molecular complexity index is 568. The van der Waals surface area contributed by atoms with Crippen LogP contribution in [0.25, 0.3) is 0 Å². The average molecular weight is 334 g/mol.